The maximum absolute atomic E-state index is 11.4. The fraction of sp³-hybridized carbons (Fsp3) is 0.750. The predicted molar refractivity (Wildman–Crippen MR) is 50.7 cm³/mol. The van der Waals surface area contributed by atoms with Gasteiger partial charge in [0.2, 0.25) is 0 Å². The molecule has 0 aliphatic carbocycles. The first kappa shape index (κ1) is 10.8. The molecule has 0 saturated carbocycles. The number of rotatable bonds is 3. The van der Waals surface area contributed by atoms with Crippen molar-refractivity contribution in [3.05, 3.63) is 12.7 Å². The van der Waals surface area contributed by atoms with Crippen LogP contribution >= 0.6 is 0 Å². The molecule has 0 rings (SSSR count). The van der Waals surface area contributed by atoms with Gasteiger partial charge in [-0.3, -0.25) is 0 Å². The fourth-order valence-corrected chi connectivity index (χ4v) is 1.18. The topological polar surface area (TPSA) is 29.1 Å². The molecule has 0 unspecified atom stereocenters. The Morgan fingerprint density at radius 3 is 2.27 bits per heavy atom. The predicted octanol–water partition coefficient (Wildman–Crippen LogP) is 1.61. The molecule has 0 fully saturated rings. The molecule has 0 aromatic rings. The van der Waals surface area contributed by atoms with Crippen molar-refractivity contribution in [3.8, 4) is 0 Å². The second kappa shape index (κ2) is 4.02. The second-order valence-corrected chi connectivity index (χ2v) is 5.52. The van der Waals surface area contributed by atoms with E-state index in [1.807, 2.05) is 27.7 Å². The Bertz CT molecular complexity index is 160. The van der Waals surface area contributed by atoms with Crippen molar-refractivity contribution in [1.29, 1.82) is 0 Å². The highest BCUT2D eigenvalue weighted by Crippen LogP contribution is 2.09. The van der Waals surface area contributed by atoms with E-state index in [2.05, 4.69) is 11.3 Å². The molecule has 66 valence electrons. The zero-order valence-electron chi connectivity index (χ0n) is 7.68. The average molecular weight is 175 g/mol. The number of hydrogen-bond acceptors (Lipinski definition) is 1. The Hall–Kier alpha value is -0.150. The Labute approximate surface area is 71.7 Å². The molecule has 0 spiro atoms. The molecular weight excluding hydrogens is 158 g/mol. The first-order valence-electron chi connectivity index (χ1n) is 3.68. The number of nitrogens with one attached hydrogen (secondary N) is 1. The van der Waals surface area contributed by atoms with Crippen LogP contribution in [0.2, 0.25) is 0 Å². The minimum atomic E-state index is -0.989. The van der Waals surface area contributed by atoms with Crippen molar-refractivity contribution in [1.82, 2.24) is 4.72 Å². The quantitative estimate of drug-likeness (QED) is 0.649. The zero-order chi connectivity index (χ0) is 9.07. The van der Waals surface area contributed by atoms with E-state index in [4.69, 9.17) is 0 Å². The maximum Gasteiger partial charge on any atom is 0.0975 e. The van der Waals surface area contributed by atoms with Crippen molar-refractivity contribution in [2.45, 2.75) is 38.5 Å². The molecule has 2 atom stereocenters. The molecule has 0 heterocycles. The smallest absolute Gasteiger partial charge is 0.0975 e. The van der Waals surface area contributed by atoms with E-state index in [1.165, 1.54) is 0 Å². The summed E-state index contributed by atoms with van der Waals surface area (Å²) in [6.45, 7) is 11.3. The summed E-state index contributed by atoms with van der Waals surface area (Å²) >= 11 is 0. The van der Waals surface area contributed by atoms with Gasteiger partial charge >= 0.3 is 0 Å². The van der Waals surface area contributed by atoms with Gasteiger partial charge < -0.3 is 0 Å². The first-order valence-corrected chi connectivity index (χ1v) is 4.83. The molecule has 0 amide bonds. The molecule has 0 radical (unpaired) electrons. The van der Waals surface area contributed by atoms with Gasteiger partial charge in [0.05, 0.1) is 15.7 Å². The highest BCUT2D eigenvalue weighted by atomic mass is 32.2. The summed E-state index contributed by atoms with van der Waals surface area (Å²) in [5.41, 5.74) is 0. The van der Waals surface area contributed by atoms with Crippen LogP contribution in [0.25, 0.3) is 0 Å². The zero-order valence-corrected chi connectivity index (χ0v) is 8.49. The third-order valence-corrected chi connectivity index (χ3v) is 2.90. The van der Waals surface area contributed by atoms with E-state index in [1.54, 1.807) is 6.08 Å². The van der Waals surface area contributed by atoms with Crippen LogP contribution < -0.4 is 4.72 Å². The molecule has 0 aliphatic rings. The molecule has 0 aromatic carbocycles. The normalized spacial score (nSPS) is 17.5. The van der Waals surface area contributed by atoms with Gasteiger partial charge in [-0.15, -0.1) is 6.58 Å². The monoisotopic (exact) mass is 175 g/mol. The van der Waals surface area contributed by atoms with E-state index in [-0.39, 0.29) is 10.8 Å². The fourth-order valence-electron chi connectivity index (χ4n) is 0.394. The average Bonchev–Trinajstić information content (AvgIpc) is 1.85. The summed E-state index contributed by atoms with van der Waals surface area (Å²) in [4.78, 5) is 0. The van der Waals surface area contributed by atoms with E-state index in [9.17, 15) is 4.21 Å². The number of hydrogen-bond donors (Lipinski definition) is 1. The molecular formula is C8H17NOS. The Morgan fingerprint density at radius 1 is 1.55 bits per heavy atom. The lowest BCUT2D eigenvalue weighted by molar-refractivity contribution is 0.628. The molecule has 0 saturated heterocycles. The molecule has 1 N–H and O–H groups in total. The third-order valence-electron chi connectivity index (χ3n) is 1.20. The van der Waals surface area contributed by atoms with Crippen LogP contribution in [0.15, 0.2) is 12.7 Å². The Morgan fingerprint density at radius 2 is 2.00 bits per heavy atom. The van der Waals surface area contributed by atoms with Crippen molar-refractivity contribution < 1.29 is 4.21 Å². The minimum absolute atomic E-state index is 0.107. The van der Waals surface area contributed by atoms with Crippen LogP contribution in [0.3, 0.4) is 0 Å². The van der Waals surface area contributed by atoms with Crippen LogP contribution in [0.5, 0.6) is 0 Å². The minimum Gasteiger partial charge on any atom is -0.242 e. The summed E-state index contributed by atoms with van der Waals surface area (Å²) < 4.78 is 14.1. The van der Waals surface area contributed by atoms with Gasteiger partial charge in [-0.1, -0.05) is 6.08 Å². The summed E-state index contributed by atoms with van der Waals surface area (Å²) in [5.74, 6) is 0. The van der Waals surface area contributed by atoms with Crippen LogP contribution in [-0.4, -0.2) is 15.0 Å². The largest absolute Gasteiger partial charge is 0.242 e. The molecule has 0 aliphatic heterocycles. The summed E-state index contributed by atoms with van der Waals surface area (Å²) in [7, 11) is -0.989. The maximum atomic E-state index is 11.4. The van der Waals surface area contributed by atoms with Crippen LogP contribution in [0.4, 0.5) is 0 Å². The van der Waals surface area contributed by atoms with Gasteiger partial charge in [0.15, 0.2) is 0 Å². The van der Waals surface area contributed by atoms with Gasteiger partial charge in [0.25, 0.3) is 0 Å². The van der Waals surface area contributed by atoms with Crippen LogP contribution in [0.1, 0.15) is 27.7 Å². The first-order chi connectivity index (χ1) is 4.88. The van der Waals surface area contributed by atoms with Gasteiger partial charge in [0, 0.05) is 6.04 Å². The summed E-state index contributed by atoms with van der Waals surface area (Å²) in [6, 6.07) is 0.107. The van der Waals surface area contributed by atoms with Crippen LogP contribution in [0, 0.1) is 0 Å². The second-order valence-electron chi connectivity index (χ2n) is 3.52. The SMILES string of the molecule is C=C[C@@H](C)N[S@@](=O)C(C)(C)C. The summed E-state index contributed by atoms with van der Waals surface area (Å²) in [6.07, 6.45) is 1.74. The van der Waals surface area contributed by atoms with Crippen molar-refractivity contribution in [2.24, 2.45) is 0 Å². The summed E-state index contributed by atoms with van der Waals surface area (Å²) in [5, 5.41) is 0. The van der Waals surface area contributed by atoms with Crippen molar-refractivity contribution in [2.75, 3.05) is 0 Å². The lowest BCUT2D eigenvalue weighted by Gasteiger charge is -2.20. The molecule has 2 nitrogen and oxygen atoms in total. The Kier molecular flexibility index (Phi) is 3.97. The van der Waals surface area contributed by atoms with E-state index in [0.29, 0.717) is 0 Å². The highest BCUT2D eigenvalue weighted by Gasteiger charge is 2.19. The molecule has 0 bridgehead atoms. The molecule has 3 heteroatoms. The lowest BCUT2D eigenvalue weighted by atomic mass is 10.3. The van der Waals surface area contributed by atoms with E-state index < -0.39 is 11.0 Å². The standard InChI is InChI=1S/C8H17NOS/c1-6-7(2)9-11(10)8(3,4)5/h6-7,9H,1H2,2-5H3/t7-,11+/m1/s1. The third kappa shape index (κ3) is 4.32. The van der Waals surface area contributed by atoms with Gasteiger partial charge in [-0.2, -0.15) is 0 Å². The molecule has 0 aromatic heterocycles. The van der Waals surface area contributed by atoms with E-state index >= 15 is 0 Å². The Balaban J connectivity index is 3.98. The lowest BCUT2D eigenvalue weighted by Crippen LogP contribution is -2.37. The van der Waals surface area contributed by atoms with Gasteiger partial charge in [0.1, 0.15) is 0 Å². The highest BCUT2D eigenvalue weighted by molar-refractivity contribution is 7.84. The van der Waals surface area contributed by atoms with E-state index in [0.717, 1.165) is 0 Å². The molecule has 11 heavy (non-hydrogen) atoms. The van der Waals surface area contributed by atoms with Crippen molar-refractivity contribution in [3.63, 3.8) is 0 Å². The van der Waals surface area contributed by atoms with Gasteiger partial charge in [-0.05, 0) is 27.7 Å². The van der Waals surface area contributed by atoms with Gasteiger partial charge in [-0.25, -0.2) is 8.93 Å². The van der Waals surface area contributed by atoms with Crippen LogP contribution in [-0.2, 0) is 11.0 Å². The van der Waals surface area contributed by atoms with Crippen molar-refractivity contribution >= 4 is 11.0 Å².